The molecule has 2 aromatic rings. The number of esters is 1. The third-order valence-electron chi connectivity index (χ3n) is 5.17. The predicted octanol–water partition coefficient (Wildman–Crippen LogP) is 2.44. The number of aryl methyl sites for hydroxylation is 1. The average Bonchev–Trinajstić information content (AvgIpc) is 3.02. The van der Waals surface area contributed by atoms with Gasteiger partial charge in [0.25, 0.3) is 17.7 Å². The Bertz CT molecular complexity index is 948. The van der Waals surface area contributed by atoms with Crippen molar-refractivity contribution < 1.29 is 23.9 Å². The van der Waals surface area contributed by atoms with Crippen molar-refractivity contribution in [3.8, 4) is 0 Å². The van der Waals surface area contributed by atoms with E-state index in [0.717, 1.165) is 16.9 Å². The van der Waals surface area contributed by atoms with Crippen LogP contribution in [-0.2, 0) is 27.3 Å². The number of hydrogen-bond donors (Lipinski definition) is 0. The standard InChI is InChI=1S/C23H24N2O5/c1-4-16-9-11-17(12-10-16)13-24(3)20(26)14-30-23(29)15(2)25-21(27)18-7-5-6-8-19(18)22(25)28/h5-12,15H,4,13-14H2,1-3H3/t15-/m1/s1. The molecule has 30 heavy (non-hydrogen) atoms. The van der Waals surface area contributed by atoms with E-state index < -0.39 is 30.4 Å². The topological polar surface area (TPSA) is 84.0 Å². The molecule has 1 heterocycles. The molecule has 0 N–H and O–H groups in total. The van der Waals surface area contributed by atoms with Gasteiger partial charge in [0.1, 0.15) is 6.04 Å². The van der Waals surface area contributed by atoms with Crippen LogP contribution in [0.4, 0.5) is 0 Å². The van der Waals surface area contributed by atoms with Crippen molar-refractivity contribution in [2.24, 2.45) is 0 Å². The highest BCUT2D eigenvalue weighted by Crippen LogP contribution is 2.24. The third kappa shape index (κ3) is 4.25. The van der Waals surface area contributed by atoms with Gasteiger partial charge in [-0.3, -0.25) is 19.3 Å². The maximum atomic E-state index is 12.5. The van der Waals surface area contributed by atoms with E-state index in [4.69, 9.17) is 4.74 Å². The van der Waals surface area contributed by atoms with Crippen LogP contribution in [0.15, 0.2) is 48.5 Å². The van der Waals surface area contributed by atoms with Crippen LogP contribution in [0.3, 0.4) is 0 Å². The molecule has 0 saturated carbocycles. The van der Waals surface area contributed by atoms with Gasteiger partial charge >= 0.3 is 5.97 Å². The smallest absolute Gasteiger partial charge is 0.329 e. The molecule has 0 radical (unpaired) electrons. The molecule has 0 spiro atoms. The number of carbonyl (C=O) groups is 4. The van der Waals surface area contributed by atoms with Gasteiger partial charge in [-0.2, -0.15) is 0 Å². The molecule has 156 valence electrons. The number of fused-ring (bicyclic) bond motifs is 1. The average molecular weight is 408 g/mol. The van der Waals surface area contributed by atoms with Crippen molar-refractivity contribution in [3.63, 3.8) is 0 Å². The van der Waals surface area contributed by atoms with Crippen LogP contribution in [0, 0.1) is 0 Å². The zero-order valence-electron chi connectivity index (χ0n) is 17.3. The first-order valence-electron chi connectivity index (χ1n) is 9.78. The fourth-order valence-electron chi connectivity index (χ4n) is 3.27. The van der Waals surface area contributed by atoms with Crippen LogP contribution in [0.25, 0.3) is 0 Å². The zero-order chi connectivity index (χ0) is 21.8. The molecule has 2 aromatic carbocycles. The van der Waals surface area contributed by atoms with Gasteiger partial charge < -0.3 is 9.64 Å². The van der Waals surface area contributed by atoms with Gasteiger partial charge in [-0.15, -0.1) is 0 Å². The van der Waals surface area contributed by atoms with E-state index in [1.807, 2.05) is 24.3 Å². The van der Waals surface area contributed by atoms with Gasteiger partial charge in [-0.05, 0) is 36.6 Å². The normalized spacial score (nSPS) is 13.8. The zero-order valence-corrected chi connectivity index (χ0v) is 17.3. The molecular weight excluding hydrogens is 384 g/mol. The first-order valence-corrected chi connectivity index (χ1v) is 9.78. The molecule has 3 rings (SSSR count). The highest BCUT2D eigenvalue weighted by atomic mass is 16.5. The summed E-state index contributed by atoms with van der Waals surface area (Å²) in [6.07, 6.45) is 0.941. The lowest BCUT2D eigenvalue weighted by Crippen LogP contribution is -2.44. The minimum atomic E-state index is -1.13. The summed E-state index contributed by atoms with van der Waals surface area (Å²) in [6.45, 7) is 3.40. The van der Waals surface area contributed by atoms with Crippen molar-refractivity contribution in [3.05, 3.63) is 70.8 Å². The predicted molar refractivity (Wildman–Crippen MR) is 110 cm³/mol. The first-order chi connectivity index (χ1) is 14.3. The Morgan fingerprint density at radius 2 is 1.50 bits per heavy atom. The molecule has 1 aliphatic rings. The molecule has 7 heteroatoms. The lowest BCUT2D eigenvalue weighted by Gasteiger charge is -2.22. The Morgan fingerprint density at radius 1 is 0.967 bits per heavy atom. The maximum Gasteiger partial charge on any atom is 0.329 e. The molecule has 0 unspecified atom stereocenters. The second kappa shape index (κ2) is 8.90. The second-order valence-electron chi connectivity index (χ2n) is 7.23. The number of rotatable bonds is 7. The van der Waals surface area contributed by atoms with E-state index in [-0.39, 0.29) is 17.0 Å². The first kappa shape index (κ1) is 21.2. The van der Waals surface area contributed by atoms with Crippen LogP contribution in [-0.4, -0.2) is 53.2 Å². The van der Waals surface area contributed by atoms with Gasteiger partial charge in [-0.25, -0.2) is 4.79 Å². The van der Waals surface area contributed by atoms with E-state index in [1.54, 1.807) is 31.3 Å². The maximum absolute atomic E-state index is 12.5. The van der Waals surface area contributed by atoms with E-state index in [2.05, 4.69) is 6.92 Å². The lowest BCUT2D eigenvalue weighted by molar-refractivity contribution is -0.154. The van der Waals surface area contributed by atoms with Crippen LogP contribution < -0.4 is 0 Å². The summed E-state index contributed by atoms with van der Waals surface area (Å²) in [5.41, 5.74) is 2.69. The number of hydrogen-bond acceptors (Lipinski definition) is 5. The Labute approximate surface area is 175 Å². The molecule has 0 aromatic heterocycles. The summed E-state index contributed by atoms with van der Waals surface area (Å²) in [4.78, 5) is 52.0. The molecule has 7 nitrogen and oxygen atoms in total. The summed E-state index contributed by atoms with van der Waals surface area (Å²) in [7, 11) is 1.62. The van der Waals surface area contributed by atoms with Gasteiger partial charge in [-0.1, -0.05) is 43.3 Å². The van der Waals surface area contributed by atoms with E-state index in [9.17, 15) is 19.2 Å². The molecule has 1 aliphatic heterocycles. The lowest BCUT2D eigenvalue weighted by atomic mass is 10.1. The summed E-state index contributed by atoms with van der Waals surface area (Å²) in [5.74, 6) is -2.27. The van der Waals surface area contributed by atoms with Crippen molar-refractivity contribution in [2.75, 3.05) is 13.7 Å². The molecule has 0 bridgehead atoms. The Balaban J connectivity index is 1.55. The van der Waals surface area contributed by atoms with Crippen molar-refractivity contribution >= 4 is 23.7 Å². The van der Waals surface area contributed by atoms with Crippen LogP contribution in [0.2, 0.25) is 0 Å². The van der Waals surface area contributed by atoms with Crippen molar-refractivity contribution in [2.45, 2.75) is 32.9 Å². The quantitative estimate of drug-likeness (QED) is 0.519. The number of ether oxygens (including phenoxy) is 1. The summed E-state index contributed by atoms with van der Waals surface area (Å²) >= 11 is 0. The highest BCUT2D eigenvalue weighted by Gasteiger charge is 2.41. The van der Waals surface area contributed by atoms with Crippen LogP contribution >= 0.6 is 0 Å². The van der Waals surface area contributed by atoms with Crippen molar-refractivity contribution in [1.29, 1.82) is 0 Å². The molecular formula is C23H24N2O5. The van der Waals surface area contributed by atoms with Crippen molar-refractivity contribution in [1.82, 2.24) is 9.80 Å². The van der Waals surface area contributed by atoms with Gasteiger partial charge in [0.2, 0.25) is 0 Å². The second-order valence-corrected chi connectivity index (χ2v) is 7.23. The van der Waals surface area contributed by atoms with Gasteiger partial charge in [0.05, 0.1) is 11.1 Å². The summed E-state index contributed by atoms with van der Waals surface area (Å²) < 4.78 is 5.09. The monoisotopic (exact) mass is 408 g/mol. The molecule has 0 fully saturated rings. The van der Waals surface area contributed by atoms with Gasteiger partial charge in [0.15, 0.2) is 6.61 Å². The van der Waals surface area contributed by atoms with Crippen LogP contribution in [0.1, 0.15) is 45.7 Å². The fourth-order valence-corrected chi connectivity index (χ4v) is 3.27. The number of likely N-dealkylation sites (N-methyl/N-ethyl adjacent to an activating group) is 1. The molecule has 3 amide bonds. The van der Waals surface area contributed by atoms with E-state index >= 15 is 0 Å². The number of carbonyl (C=O) groups excluding carboxylic acids is 4. The Morgan fingerprint density at radius 3 is 2.03 bits per heavy atom. The molecule has 0 aliphatic carbocycles. The summed E-state index contributed by atoms with van der Waals surface area (Å²) in [6, 6.07) is 13.2. The minimum Gasteiger partial charge on any atom is -0.454 e. The summed E-state index contributed by atoms with van der Waals surface area (Å²) in [5, 5.41) is 0. The Hall–Kier alpha value is -3.48. The van der Waals surface area contributed by atoms with Crippen LogP contribution in [0.5, 0.6) is 0 Å². The van der Waals surface area contributed by atoms with Gasteiger partial charge in [0, 0.05) is 13.6 Å². The molecule has 0 saturated heterocycles. The fraction of sp³-hybridized carbons (Fsp3) is 0.304. The minimum absolute atomic E-state index is 0.257. The van der Waals surface area contributed by atoms with E-state index in [0.29, 0.717) is 6.54 Å². The van der Waals surface area contributed by atoms with E-state index in [1.165, 1.54) is 17.4 Å². The highest BCUT2D eigenvalue weighted by molar-refractivity contribution is 6.22. The number of benzene rings is 2. The largest absolute Gasteiger partial charge is 0.454 e. The molecule has 1 atom stereocenters. The third-order valence-corrected chi connectivity index (χ3v) is 5.17. The number of imide groups is 1. The number of amides is 3. The SMILES string of the molecule is CCc1ccc(CN(C)C(=O)COC(=O)[C@@H](C)N2C(=O)c3ccccc3C2=O)cc1. The number of nitrogens with zero attached hydrogens (tertiary/aromatic N) is 2. The Kier molecular flexibility index (Phi) is 6.30.